The number of aromatic amines is 1. The Bertz CT molecular complexity index is 598. The number of nitrogens with one attached hydrogen (secondary N) is 1. The number of aromatic nitrogens is 1. The number of carbonyl (C=O) groups excluding carboxylic acids is 1. The van der Waals surface area contributed by atoms with Gasteiger partial charge < -0.3 is 10.1 Å². The Balaban J connectivity index is 2.97. The molecule has 0 saturated carbocycles. The van der Waals surface area contributed by atoms with Crippen LogP contribution in [0.15, 0.2) is 29.1 Å². The van der Waals surface area contributed by atoms with E-state index in [4.69, 9.17) is 0 Å². The van der Waals surface area contributed by atoms with Gasteiger partial charge in [0, 0.05) is 12.3 Å². The average Bonchev–Trinajstić information content (AvgIpc) is 2.23. The summed E-state index contributed by atoms with van der Waals surface area (Å²) in [5.74, 6) is -0.534. The molecule has 4 nitrogen and oxygen atoms in total. The predicted octanol–water partition coefficient (Wildman–Crippen LogP) is 1.44. The van der Waals surface area contributed by atoms with Crippen molar-refractivity contribution in [2.75, 3.05) is 0 Å². The number of hydrogen-bond donors (Lipinski definition) is 2. The molecule has 4 heteroatoms. The van der Waals surface area contributed by atoms with Gasteiger partial charge in [-0.3, -0.25) is 9.59 Å². The van der Waals surface area contributed by atoms with Crippen molar-refractivity contribution in [1.82, 2.24) is 4.98 Å². The van der Waals surface area contributed by atoms with Crippen LogP contribution in [0.2, 0.25) is 0 Å². The summed E-state index contributed by atoms with van der Waals surface area (Å²) in [6.45, 7) is 1.29. The van der Waals surface area contributed by atoms with Crippen molar-refractivity contribution in [3.8, 4) is 5.75 Å². The molecule has 76 valence electrons. The maximum absolute atomic E-state index is 11.5. The van der Waals surface area contributed by atoms with E-state index in [9.17, 15) is 14.7 Å². The number of pyridine rings is 1. The van der Waals surface area contributed by atoms with Crippen LogP contribution in [0, 0.1) is 0 Å². The number of aromatic hydroxyl groups is 1. The average molecular weight is 203 g/mol. The Morgan fingerprint density at radius 3 is 2.47 bits per heavy atom. The van der Waals surface area contributed by atoms with E-state index in [1.165, 1.54) is 6.92 Å². The van der Waals surface area contributed by atoms with Crippen molar-refractivity contribution in [3.05, 3.63) is 40.3 Å². The molecule has 2 N–H and O–H groups in total. The second-order valence-electron chi connectivity index (χ2n) is 3.28. The van der Waals surface area contributed by atoms with Gasteiger partial charge in [-0.2, -0.15) is 0 Å². The zero-order chi connectivity index (χ0) is 11.0. The quantitative estimate of drug-likeness (QED) is 0.689. The van der Waals surface area contributed by atoms with Crippen LogP contribution in [0.1, 0.15) is 17.4 Å². The third-order valence-corrected chi connectivity index (χ3v) is 2.25. The molecule has 0 unspecified atom stereocenters. The van der Waals surface area contributed by atoms with E-state index in [1.807, 2.05) is 0 Å². The maximum Gasteiger partial charge on any atom is 0.256 e. The van der Waals surface area contributed by atoms with Crippen LogP contribution >= 0.6 is 0 Å². The van der Waals surface area contributed by atoms with E-state index in [1.54, 1.807) is 24.3 Å². The van der Waals surface area contributed by atoms with Crippen molar-refractivity contribution in [2.45, 2.75) is 6.92 Å². The molecule has 1 aromatic heterocycles. The monoisotopic (exact) mass is 203 g/mol. The standard InChI is InChI=1S/C11H9NO3/c1-6(13)9-10(14)7-4-2-3-5-8(7)11(15)12-9/h2-5,14H,1H3,(H,12,15). The summed E-state index contributed by atoms with van der Waals surface area (Å²) in [6, 6.07) is 6.60. The van der Waals surface area contributed by atoms with Gasteiger partial charge >= 0.3 is 0 Å². The van der Waals surface area contributed by atoms with E-state index in [-0.39, 0.29) is 22.8 Å². The van der Waals surface area contributed by atoms with Gasteiger partial charge in [-0.25, -0.2) is 0 Å². The fraction of sp³-hybridized carbons (Fsp3) is 0.0909. The first-order chi connectivity index (χ1) is 7.11. The van der Waals surface area contributed by atoms with Crippen molar-refractivity contribution < 1.29 is 9.90 Å². The van der Waals surface area contributed by atoms with E-state index in [0.29, 0.717) is 10.8 Å². The Morgan fingerprint density at radius 1 is 1.27 bits per heavy atom. The zero-order valence-electron chi connectivity index (χ0n) is 8.07. The Labute approximate surface area is 85.2 Å². The van der Waals surface area contributed by atoms with Crippen LogP contribution in [0.4, 0.5) is 0 Å². The summed E-state index contributed by atoms with van der Waals surface area (Å²) in [6.07, 6.45) is 0. The molecule has 0 saturated heterocycles. The third-order valence-electron chi connectivity index (χ3n) is 2.25. The van der Waals surface area contributed by atoms with E-state index in [0.717, 1.165) is 0 Å². The van der Waals surface area contributed by atoms with Crippen molar-refractivity contribution in [2.24, 2.45) is 0 Å². The number of rotatable bonds is 1. The molecule has 0 aliphatic carbocycles. The lowest BCUT2D eigenvalue weighted by atomic mass is 10.1. The minimum absolute atomic E-state index is 0.0429. The Morgan fingerprint density at radius 2 is 1.87 bits per heavy atom. The van der Waals surface area contributed by atoms with Gasteiger partial charge in [0.25, 0.3) is 5.56 Å². The number of benzene rings is 1. The van der Waals surface area contributed by atoms with Crippen LogP contribution in [0.3, 0.4) is 0 Å². The van der Waals surface area contributed by atoms with Gasteiger partial charge in [0.05, 0.1) is 5.39 Å². The molecule has 2 aromatic rings. The van der Waals surface area contributed by atoms with Crippen LogP contribution in [0.5, 0.6) is 5.75 Å². The lowest BCUT2D eigenvalue weighted by Crippen LogP contribution is -2.12. The summed E-state index contributed by atoms with van der Waals surface area (Å²) >= 11 is 0. The predicted molar refractivity (Wildman–Crippen MR) is 56.2 cm³/mol. The number of Topliss-reactive ketones (excluding diaryl/α,β-unsaturated/α-hetero) is 1. The van der Waals surface area contributed by atoms with E-state index >= 15 is 0 Å². The number of fused-ring (bicyclic) bond motifs is 1. The summed E-state index contributed by atoms with van der Waals surface area (Å²) in [7, 11) is 0. The van der Waals surface area contributed by atoms with E-state index in [2.05, 4.69) is 4.98 Å². The molecule has 0 amide bonds. The van der Waals surface area contributed by atoms with Crippen molar-refractivity contribution >= 4 is 16.6 Å². The lowest BCUT2D eigenvalue weighted by Gasteiger charge is -2.04. The highest BCUT2D eigenvalue weighted by Crippen LogP contribution is 2.24. The lowest BCUT2D eigenvalue weighted by molar-refractivity contribution is 0.101. The summed E-state index contributed by atoms with van der Waals surface area (Å²) in [4.78, 5) is 25.0. The second kappa shape index (κ2) is 3.24. The highest BCUT2D eigenvalue weighted by molar-refractivity contribution is 6.01. The van der Waals surface area contributed by atoms with Gasteiger partial charge in [-0.15, -0.1) is 0 Å². The molecular weight excluding hydrogens is 194 g/mol. The molecule has 15 heavy (non-hydrogen) atoms. The molecular formula is C11H9NO3. The van der Waals surface area contributed by atoms with Crippen LogP contribution < -0.4 is 5.56 Å². The van der Waals surface area contributed by atoms with Gasteiger partial charge in [-0.1, -0.05) is 18.2 Å². The number of ketones is 1. The van der Waals surface area contributed by atoms with Gasteiger partial charge in [0.2, 0.25) is 0 Å². The number of hydrogen-bond acceptors (Lipinski definition) is 3. The first kappa shape index (κ1) is 9.45. The second-order valence-corrected chi connectivity index (χ2v) is 3.28. The summed E-state index contributed by atoms with van der Waals surface area (Å²) in [5.41, 5.74) is -0.410. The van der Waals surface area contributed by atoms with E-state index < -0.39 is 0 Å². The van der Waals surface area contributed by atoms with Gasteiger partial charge in [0.1, 0.15) is 5.69 Å². The summed E-state index contributed by atoms with van der Waals surface area (Å²) in [5, 5.41) is 10.5. The topological polar surface area (TPSA) is 70.2 Å². The number of H-pyrrole nitrogens is 1. The minimum atomic E-state index is -0.367. The highest BCUT2D eigenvalue weighted by atomic mass is 16.3. The molecule has 1 heterocycles. The SMILES string of the molecule is CC(=O)c1[nH]c(=O)c2ccccc2c1O. The van der Waals surface area contributed by atoms with Crippen molar-refractivity contribution in [1.29, 1.82) is 0 Å². The first-order valence-electron chi connectivity index (χ1n) is 4.46. The molecule has 0 radical (unpaired) electrons. The Kier molecular flexibility index (Phi) is 2.04. The normalized spacial score (nSPS) is 10.5. The highest BCUT2D eigenvalue weighted by Gasteiger charge is 2.12. The minimum Gasteiger partial charge on any atom is -0.505 e. The van der Waals surface area contributed by atoms with Crippen LogP contribution in [-0.2, 0) is 0 Å². The molecule has 0 fully saturated rings. The van der Waals surface area contributed by atoms with Gasteiger partial charge in [-0.05, 0) is 6.07 Å². The van der Waals surface area contributed by atoms with Gasteiger partial charge in [0.15, 0.2) is 11.5 Å². The molecule has 0 spiro atoms. The fourth-order valence-corrected chi connectivity index (χ4v) is 1.52. The molecule has 0 aliphatic heterocycles. The maximum atomic E-state index is 11.5. The molecule has 0 aliphatic rings. The first-order valence-corrected chi connectivity index (χ1v) is 4.46. The number of carbonyl (C=O) groups is 1. The summed E-state index contributed by atoms with van der Waals surface area (Å²) < 4.78 is 0. The molecule has 0 bridgehead atoms. The molecule has 0 atom stereocenters. The molecule has 1 aromatic carbocycles. The largest absolute Gasteiger partial charge is 0.505 e. The van der Waals surface area contributed by atoms with Crippen LogP contribution in [-0.4, -0.2) is 15.9 Å². The Hall–Kier alpha value is -2.10. The fourth-order valence-electron chi connectivity index (χ4n) is 1.52. The van der Waals surface area contributed by atoms with Crippen LogP contribution in [0.25, 0.3) is 10.8 Å². The molecule has 2 rings (SSSR count). The third kappa shape index (κ3) is 1.40. The van der Waals surface area contributed by atoms with Crippen molar-refractivity contribution in [3.63, 3.8) is 0 Å². The smallest absolute Gasteiger partial charge is 0.256 e. The zero-order valence-corrected chi connectivity index (χ0v) is 8.07.